The Morgan fingerprint density at radius 1 is 1.32 bits per heavy atom. The average molecular weight is 424 g/mol. The Labute approximate surface area is 169 Å². The zero-order valence-corrected chi connectivity index (χ0v) is 17.9. The Morgan fingerprint density at radius 3 is 2.61 bits per heavy atom. The van der Waals surface area contributed by atoms with E-state index in [-0.39, 0.29) is 28.7 Å². The van der Waals surface area contributed by atoms with Gasteiger partial charge in [0, 0.05) is 37.1 Å². The molecule has 1 aliphatic heterocycles. The molecule has 10 heteroatoms. The Hall–Kier alpha value is -1.94. The molecule has 1 aliphatic rings. The van der Waals surface area contributed by atoms with Gasteiger partial charge in [0.05, 0.1) is 16.8 Å². The summed E-state index contributed by atoms with van der Waals surface area (Å²) < 4.78 is 25.6. The van der Waals surface area contributed by atoms with Crippen LogP contribution in [0.5, 0.6) is 0 Å². The lowest BCUT2D eigenvalue weighted by Gasteiger charge is -2.29. The monoisotopic (exact) mass is 423 g/mol. The van der Waals surface area contributed by atoms with Crippen molar-refractivity contribution >= 4 is 27.5 Å². The Bertz CT molecular complexity index is 930. The molecule has 1 fully saturated rings. The minimum absolute atomic E-state index is 0.0568. The quantitative estimate of drug-likeness (QED) is 0.627. The SMILES string of the molecule is CCN(C(=O)C(C)Sc1nnc(-c2ccncc2)n1CC)C1CCS(=O)(=O)C1. The predicted octanol–water partition coefficient (Wildman–Crippen LogP) is 1.88. The van der Waals surface area contributed by atoms with Crippen molar-refractivity contribution in [2.75, 3.05) is 18.1 Å². The van der Waals surface area contributed by atoms with Crippen molar-refractivity contribution in [3.05, 3.63) is 24.5 Å². The van der Waals surface area contributed by atoms with Gasteiger partial charge in [-0.25, -0.2) is 8.42 Å². The molecule has 0 aliphatic carbocycles. The molecule has 1 amide bonds. The minimum Gasteiger partial charge on any atom is -0.338 e. The highest BCUT2D eigenvalue weighted by Gasteiger charge is 2.35. The van der Waals surface area contributed by atoms with Crippen LogP contribution in [0.4, 0.5) is 0 Å². The van der Waals surface area contributed by atoms with Crippen LogP contribution in [-0.2, 0) is 21.2 Å². The zero-order valence-electron chi connectivity index (χ0n) is 16.3. The molecule has 3 heterocycles. The highest BCUT2D eigenvalue weighted by molar-refractivity contribution is 8.00. The van der Waals surface area contributed by atoms with Gasteiger partial charge in [0.1, 0.15) is 0 Å². The summed E-state index contributed by atoms with van der Waals surface area (Å²) in [6, 6.07) is 3.51. The Morgan fingerprint density at radius 2 is 2.04 bits per heavy atom. The number of pyridine rings is 1. The van der Waals surface area contributed by atoms with E-state index in [0.717, 1.165) is 11.4 Å². The topological polar surface area (TPSA) is 98.1 Å². The molecule has 2 aromatic heterocycles. The summed E-state index contributed by atoms with van der Waals surface area (Å²) >= 11 is 1.35. The van der Waals surface area contributed by atoms with Gasteiger partial charge in [-0.15, -0.1) is 10.2 Å². The van der Waals surface area contributed by atoms with Crippen molar-refractivity contribution in [3.8, 4) is 11.4 Å². The van der Waals surface area contributed by atoms with Crippen LogP contribution in [0.1, 0.15) is 27.2 Å². The number of carbonyl (C=O) groups is 1. The first-order valence-electron chi connectivity index (χ1n) is 9.37. The van der Waals surface area contributed by atoms with E-state index < -0.39 is 9.84 Å². The zero-order chi connectivity index (χ0) is 20.3. The summed E-state index contributed by atoms with van der Waals surface area (Å²) in [6.45, 7) is 6.89. The highest BCUT2D eigenvalue weighted by Crippen LogP contribution is 2.28. The molecule has 152 valence electrons. The van der Waals surface area contributed by atoms with Crippen molar-refractivity contribution in [3.63, 3.8) is 0 Å². The third-order valence-corrected chi connectivity index (χ3v) is 7.69. The van der Waals surface area contributed by atoms with E-state index in [0.29, 0.717) is 24.7 Å². The van der Waals surface area contributed by atoms with E-state index in [9.17, 15) is 13.2 Å². The van der Waals surface area contributed by atoms with Gasteiger partial charge in [-0.3, -0.25) is 9.78 Å². The molecule has 2 atom stereocenters. The maximum absolute atomic E-state index is 13.0. The second kappa shape index (κ2) is 8.60. The van der Waals surface area contributed by atoms with E-state index in [2.05, 4.69) is 15.2 Å². The predicted molar refractivity (Wildman–Crippen MR) is 109 cm³/mol. The lowest BCUT2D eigenvalue weighted by atomic mass is 10.2. The van der Waals surface area contributed by atoms with Crippen LogP contribution in [0, 0.1) is 0 Å². The number of amides is 1. The number of sulfone groups is 1. The van der Waals surface area contributed by atoms with Crippen LogP contribution in [0.15, 0.2) is 29.7 Å². The van der Waals surface area contributed by atoms with Crippen molar-refractivity contribution in [2.45, 2.75) is 50.2 Å². The summed E-state index contributed by atoms with van der Waals surface area (Å²) in [5, 5.41) is 8.86. The molecule has 0 spiro atoms. The maximum Gasteiger partial charge on any atom is 0.236 e. The third kappa shape index (κ3) is 4.38. The Kier molecular flexibility index (Phi) is 6.39. The molecule has 2 aromatic rings. The Balaban J connectivity index is 1.76. The number of carbonyl (C=O) groups excluding carboxylic acids is 1. The first-order chi connectivity index (χ1) is 13.4. The van der Waals surface area contributed by atoms with Gasteiger partial charge in [-0.05, 0) is 39.3 Å². The smallest absolute Gasteiger partial charge is 0.236 e. The number of thioether (sulfide) groups is 1. The number of hydrogen-bond acceptors (Lipinski definition) is 7. The van der Waals surface area contributed by atoms with E-state index in [4.69, 9.17) is 0 Å². The summed E-state index contributed by atoms with van der Waals surface area (Å²) in [7, 11) is -3.04. The van der Waals surface area contributed by atoms with Crippen molar-refractivity contribution < 1.29 is 13.2 Å². The molecule has 8 nitrogen and oxygen atoms in total. The fourth-order valence-electron chi connectivity index (χ4n) is 3.43. The molecule has 28 heavy (non-hydrogen) atoms. The van der Waals surface area contributed by atoms with E-state index in [1.54, 1.807) is 17.3 Å². The molecular formula is C18H25N5O3S2. The number of aromatic nitrogens is 4. The molecule has 0 radical (unpaired) electrons. The summed E-state index contributed by atoms with van der Waals surface area (Å²) in [5.74, 6) is 0.885. The number of hydrogen-bond donors (Lipinski definition) is 0. The van der Waals surface area contributed by atoms with Crippen LogP contribution >= 0.6 is 11.8 Å². The third-order valence-electron chi connectivity index (χ3n) is 4.87. The largest absolute Gasteiger partial charge is 0.338 e. The van der Waals surface area contributed by atoms with Gasteiger partial charge in [0.15, 0.2) is 20.8 Å². The summed E-state index contributed by atoms with van der Waals surface area (Å²) in [6.07, 6.45) is 3.92. The van der Waals surface area contributed by atoms with Crippen molar-refractivity contribution in [2.24, 2.45) is 0 Å². The minimum atomic E-state index is -3.04. The van der Waals surface area contributed by atoms with Crippen LogP contribution in [0.25, 0.3) is 11.4 Å². The van der Waals surface area contributed by atoms with E-state index in [1.165, 1.54) is 11.8 Å². The molecule has 0 bridgehead atoms. The van der Waals surface area contributed by atoms with Gasteiger partial charge < -0.3 is 9.47 Å². The van der Waals surface area contributed by atoms with Crippen LogP contribution in [0.3, 0.4) is 0 Å². The molecule has 0 aromatic carbocycles. The normalized spacial score (nSPS) is 19.5. The van der Waals surface area contributed by atoms with Gasteiger partial charge in [-0.1, -0.05) is 11.8 Å². The lowest BCUT2D eigenvalue weighted by molar-refractivity contribution is -0.131. The first-order valence-corrected chi connectivity index (χ1v) is 12.1. The van der Waals surface area contributed by atoms with Crippen molar-refractivity contribution in [1.82, 2.24) is 24.6 Å². The van der Waals surface area contributed by atoms with Crippen LogP contribution in [-0.4, -0.2) is 68.3 Å². The van der Waals surface area contributed by atoms with Crippen molar-refractivity contribution in [1.29, 1.82) is 0 Å². The standard InChI is InChI=1S/C18H25N5O3S2/c1-4-22(15-8-11-28(25,26)12-15)17(24)13(3)27-18-21-20-16(23(18)5-2)14-6-9-19-10-7-14/h6-7,9-10,13,15H,4-5,8,11-12H2,1-3H3. The van der Waals surface area contributed by atoms with Gasteiger partial charge in [-0.2, -0.15) is 0 Å². The average Bonchev–Trinajstić information content (AvgIpc) is 3.25. The van der Waals surface area contributed by atoms with Gasteiger partial charge in [0.2, 0.25) is 5.91 Å². The first kappa shape index (κ1) is 20.8. The molecule has 3 rings (SSSR count). The second-order valence-corrected chi connectivity index (χ2v) is 10.3. The summed E-state index contributed by atoms with van der Waals surface area (Å²) in [4.78, 5) is 18.7. The number of nitrogens with zero attached hydrogens (tertiary/aromatic N) is 5. The highest BCUT2D eigenvalue weighted by atomic mass is 32.2. The number of rotatable bonds is 7. The molecule has 2 unspecified atom stereocenters. The molecule has 1 saturated heterocycles. The van der Waals surface area contributed by atoms with Gasteiger partial charge >= 0.3 is 0 Å². The maximum atomic E-state index is 13.0. The summed E-state index contributed by atoms with van der Waals surface area (Å²) in [5.41, 5.74) is 0.918. The van der Waals surface area contributed by atoms with Crippen LogP contribution in [0.2, 0.25) is 0 Å². The second-order valence-electron chi connectivity index (χ2n) is 6.73. The fourth-order valence-corrected chi connectivity index (χ4v) is 6.15. The molecule has 0 saturated carbocycles. The lowest BCUT2D eigenvalue weighted by Crippen LogP contribution is -2.44. The molecular weight excluding hydrogens is 398 g/mol. The fraction of sp³-hybridized carbons (Fsp3) is 0.556. The van der Waals surface area contributed by atoms with Gasteiger partial charge in [0.25, 0.3) is 0 Å². The van der Waals surface area contributed by atoms with Crippen LogP contribution < -0.4 is 0 Å². The van der Waals surface area contributed by atoms with E-state index in [1.807, 2.05) is 37.5 Å². The molecule has 0 N–H and O–H groups in total. The van der Waals surface area contributed by atoms with E-state index >= 15 is 0 Å².